The second-order valence-corrected chi connectivity index (χ2v) is 7.40. The predicted octanol–water partition coefficient (Wildman–Crippen LogP) is 3.40. The lowest BCUT2D eigenvalue weighted by Gasteiger charge is -2.27. The minimum atomic E-state index is -0.0484. The van der Waals surface area contributed by atoms with E-state index in [1.807, 2.05) is 30.3 Å². The zero-order valence-corrected chi connectivity index (χ0v) is 18.3. The summed E-state index contributed by atoms with van der Waals surface area (Å²) >= 11 is 0. The van der Waals surface area contributed by atoms with Gasteiger partial charge in [-0.3, -0.25) is 4.99 Å². The summed E-state index contributed by atoms with van der Waals surface area (Å²) in [5.41, 5.74) is 2.36. The van der Waals surface area contributed by atoms with Crippen molar-refractivity contribution in [3.05, 3.63) is 53.6 Å². The molecule has 2 aromatic rings. The van der Waals surface area contributed by atoms with Gasteiger partial charge < -0.3 is 24.8 Å². The van der Waals surface area contributed by atoms with E-state index < -0.39 is 0 Å². The summed E-state index contributed by atoms with van der Waals surface area (Å²) in [6.45, 7) is 5.94. The van der Waals surface area contributed by atoms with Crippen LogP contribution in [0.3, 0.4) is 0 Å². The molecule has 0 aliphatic rings. The van der Waals surface area contributed by atoms with Crippen LogP contribution in [0.15, 0.2) is 47.5 Å². The maximum atomic E-state index is 5.37. The fraction of sp³-hybridized carbons (Fsp3) is 0.435. The molecule has 158 valence electrons. The number of benzene rings is 2. The standard InChI is InChI=1S/C23H33N3O3/c1-23(2,18-8-10-19(27-4)11-9-18)16-26-22(24-3)25-14-13-17-7-12-20(28-5)21(15-17)29-6/h7-12,15H,13-14,16H2,1-6H3,(H2,24,25,26). The molecule has 0 amide bonds. The molecule has 0 fully saturated rings. The van der Waals surface area contributed by atoms with Crippen LogP contribution in [0.1, 0.15) is 25.0 Å². The van der Waals surface area contributed by atoms with E-state index in [1.54, 1.807) is 28.4 Å². The average Bonchev–Trinajstić information content (AvgIpc) is 2.75. The Hall–Kier alpha value is -2.89. The lowest BCUT2D eigenvalue weighted by atomic mass is 9.84. The summed E-state index contributed by atoms with van der Waals surface area (Å²) < 4.78 is 15.9. The normalized spacial score (nSPS) is 11.7. The maximum absolute atomic E-state index is 5.37. The maximum Gasteiger partial charge on any atom is 0.191 e. The van der Waals surface area contributed by atoms with E-state index in [0.717, 1.165) is 42.7 Å². The molecule has 2 rings (SSSR count). The SMILES string of the molecule is CN=C(NCCc1ccc(OC)c(OC)c1)NCC(C)(C)c1ccc(OC)cc1. The minimum Gasteiger partial charge on any atom is -0.497 e. The number of rotatable bonds is 9. The molecule has 0 radical (unpaired) electrons. The number of nitrogens with zero attached hydrogens (tertiary/aromatic N) is 1. The topological polar surface area (TPSA) is 64.1 Å². The molecule has 0 spiro atoms. The third-order valence-corrected chi connectivity index (χ3v) is 4.95. The molecule has 0 aliphatic carbocycles. The van der Waals surface area contributed by atoms with Crippen LogP contribution < -0.4 is 24.8 Å². The summed E-state index contributed by atoms with van der Waals surface area (Å²) in [6.07, 6.45) is 0.850. The van der Waals surface area contributed by atoms with Gasteiger partial charge in [0.15, 0.2) is 17.5 Å². The first-order chi connectivity index (χ1) is 13.9. The Morgan fingerprint density at radius 1 is 0.897 bits per heavy atom. The summed E-state index contributed by atoms with van der Waals surface area (Å²) in [4.78, 5) is 4.33. The third-order valence-electron chi connectivity index (χ3n) is 4.95. The van der Waals surface area contributed by atoms with E-state index >= 15 is 0 Å². The van der Waals surface area contributed by atoms with Crippen molar-refractivity contribution >= 4 is 5.96 Å². The monoisotopic (exact) mass is 399 g/mol. The van der Waals surface area contributed by atoms with Gasteiger partial charge in [0.25, 0.3) is 0 Å². The Balaban J connectivity index is 1.87. The van der Waals surface area contributed by atoms with Crippen LogP contribution in [-0.2, 0) is 11.8 Å². The van der Waals surface area contributed by atoms with Gasteiger partial charge in [-0.1, -0.05) is 32.0 Å². The number of ether oxygens (including phenoxy) is 3. The van der Waals surface area contributed by atoms with Gasteiger partial charge in [-0.2, -0.15) is 0 Å². The molecule has 0 saturated carbocycles. The molecular formula is C23H33N3O3. The zero-order valence-electron chi connectivity index (χ0n) is 18.3. The second kappa shape index (κ2) is 10.6. The zero-order chi connectivity index (χ0) is 21.3. The summed E-state index contributed by atoms with van der Waals surface area (Å²) in [5.74, 6) is 3.13. The van der Waals surface area contributed by atoms with Crippen LogP contribution in [0, 0.1) is 0 Å². The highest BCUT2D eigenvalue weighted by Gasteiger charge is 2.21. The van der Waals surface area contributed by atoms with Gasteiger partial charge in [-0.15, -0.1) is 0 Å². The van der Waals surface area contributed by atoms with Crippen molar-refractivity contribution in [1.82, 2.24) is 10.6 Å². The fourth-order valence-electron chi connectivity index (χ4n) is 3.03. The molecule has 0 aromatic heterocycles. The summed E-state index contributed by atoms with van der Waals surface area (Å²) in [5, 5.41) is 6.80. The second-order valence-electron chi connectivity index (χ2n) is 7.40. The van der Waals surface area contributed by atoms with E-state index in [1.165, 1.54) is 11.1 Å². The van der Waals surface area contributed by atoms with E-state index in [2.05, 4.69) is 41.6 Å². The average molecular weight is 400 g/mol. The third kappa shape index (κ3) is 6.31. The van der Waals surface area contributed by atoms with Crippen molar-refractivity contribution in [2.45, 2.75) is 25.7 Å². The lowest BCUT2D eigenvalue weighted by molar-refractivity contribution is 0.354. The van der Waals surface area contributed by atoms with Crippen molar-refractivity contribution in [2.75, 3.05) is 41.5 Å². The molecule has 2 aromatic carbocycles. The van der Waals surface area contributed by atoms with Gasteiger partial charge in [0, 0.05) is 25.6 Å². The molecule has 0 bridgehead atoms. The van der Waals surface area contributed by atoms with Crippen LogP contribution in [0.5, 0.6) is 17.2 Å². The van der Waals surface area contributed by atoms with Crippen LogP contribution in [0.4, 0.5) is 0 Å². The van der Waals surface area contributed by atoms with E-state index in [0.29, 0.717) is 0 Å². The molecule has 6 nitrogen and oxygen atoms in total. The quantitative estimate of drug-likeness (QED) is 0.500. The molecule has 0 saturated heterocycles. The highest BCUT2D eigenvalue weighted by molar-refractivity contribution is 5.79. The molecule has 0 heterocycles. The van der Waals surface area contributed by atoms with Gasteiger partial charge in [-0.05, 0) is 41.8 Å². The largest absolute Gasteiger partial charge is 0.497 e. The Labute approximate surface area is 174 Å². The van der Waals surface area contributed by atoms with Gasteiger partial charge in [-0.25, -0.2) is 0 Å². The molecule has 6 heteroatoms. The number of aliphatic imine (C=N–C) groups is 1. The van der Waals surface area contributed by atoms with Crippen molar-refractivity contribution in [3.63, 3.8) is 0 Å². The molecule has 2 N–H and O–H groups in total. The fourth-order valence-corrected chi connectivity index (χ4v) is 3.03. The molecule has 0 atom stereocenters. The van der Waals surface area contributed by atoms with Crippen LogP contribution in [0.25, 0.3) is 0 Å². The smallest absolute Gasteiger partial charge is 0.191 e. The van der Waals surface area contributed by atoms with Gasteiger partial charge in [0.05, 0.1) is 21.3 Å². The predicted molar refractivity (Wildman–Crippen MR) is 119 cm³/mol. The Morgan fingerprint density at radius 2 is 1.59 bits per heavy atom. The summed E-state index contributed by atoms with van der Waals surface area (Å²) in [6, 6.07) is 14.2. The van der Waals surface area contributed by atoms with Crippen LogP contribution in [0.2, 0.25) is 0 Å². The first-order valence-corrected chi connectivity index (χ1v) is 9.73. The first-order valence-electron chi connectivity index (χ1n) is 9.73. The molecule has 0 aliphatic heterocycles. The molecule has 0 unspecified atom stereocenters. The van der Waals surface area contributed by atoms with Gasteiger partial charge >= 0.3 is 0 Å². The van der Waals surface area contributed by atoms with E-state index in [-0.39, 0.29) is 5.41 Å². The minimum absolute atomic E-state index is 0.0484. The Morgan fingerprint density at radius 3 is 2.17 bits per heavy atom. The lowest BCUT2D eigenvalue weighted by Crippen LogP contribution is -2.44. The van der Waals surface area contributed by atoms with Crippen molar-refractivity contribution < 1.29 is 14.2 Å². The first kappa shape index (κ1) is 22.4. The van der Waals surface area contributed by atoms with E-state index in [4.69, 9.17) is 14.2 Å². The highest BCUT2D eigenvalue weighted by Crippen LogP contribution is 2.27. The van der Waals surface area contributed by atoms with Gasteiger partial charge in [0.1, 0.15) is 5.75 Å². The van der Waals surface area contributed by atoms with Crippen molar-refractivity contribution in [1.29, 1.82) is 0 Å². The van der Waals surface area contributed by atoms with Crippen molar-refractivity contribution in [2.24, 2.45) is 4.99 Å². The number of nitrogens with one attached hydrogen (secondary N) is 2. The molecule has 29 heavy (non-hydrogen) atoms. The van der Waals surface area contributed by atoms with Crippen molar-refractivity contribution in [3.8, 4) is 17.2 Å². The summed E-state index contributed by atoms with van der Waals surface area (Å²) in [7, 11) is 6.75. The number of methoxy groups -OCH3 is 3. The van der Waals surface area contributed by atoms with Crippen LogP contribution >= 0.6 is 0 Å². The Kier molecular flexibility index (Phi) is 8.19. The van der Waals surface area contributed by atoms with Crippen LogP contribution in [-0.4, -0.2) is 47.4 Å². The number of hydrogen-bond acceptors (Lipinski definition) is 4. The van der Waals surface area contributed by atoms with Gasteiger partial charge in [0.2, 0.25) is 0 Å². The number of guanidine groups is 1. The Bertz CT molecular complexity index is 802. The van der Waals surface area contributed by atoms with E-state index in [9.17, 15) is 0 Å². The molecular weight excluding hydrogens is 366 g/mol. The highest BCUT2D eigenvalue weighted by atomic mass is 16.5. The number of hydrogen-bond donors (Lipinski definition) is 2.